The van der Waals surface area contributed by atoms with E-state index in [-0.39, 0.29) is 30.7 Å². The summed E-state index contributed by atoms with van der Waals surface area (Å²) in [7, 11) is 0. The van der Waals surface area contributed by atoms with Gasteiger partial charge in [-0.3, -0.25) is 14.6 Å². The van der Waals surface area contributed by atoms with E-state index in [1.807, 2.05) is 35.2 Å². The van der Waals surface area contributed by atoms with Crippen LogP contribution in [-0.4, -0.2) is 33.2 Å². The topological polar surface area (TPSA) is 75.2 Å². The van der Waals surface area contributed by atoms with E-state index in [1.54, 1.807) is 23.7 Å². The Morgan fingerprint density at radius 2 is 1.96 bits per heavy atom. The third kappa shape index (κ3) is 4.20. The summed E-state index contributed by atoms with van der Waals surface area (Å²) in [6.45, 7) is 1.19. The molecule has 2 aromatic heterocycles. The number of nitrogens with zero attached hydrogens (tertiary/aromatic N) is 3. The number of carbonyl (C=O) groups is 2. The van der Waals surface area contributed by atoms with E-state index in [9.17, 15) is 9.59 Å². The van der Waals surface area contributed by atoms with Gasteiger partial charge in [0, 0.05) is 38.3 Å². The van der Waals surface area contributed by atoms with Gasteiger partial charge in [-0.15, -0.1) is 11.3 Å². The summed E-state index contributed by atoms with van der Waals surface area (Å²) in [4.78, 5) is 35.4. The Bertz CT molecular complexity index is 940. The lowest BCUT2D eigenvalue weighted by molar-refractivity contribution is -0.134. The van der Waals surface area contributed by atoms with Crippen LogP contribution in [0.1, 0.15) is 42.3 Å². The minimum atomic E-state index is -0.110. The van der Waals surface area contributed by atoms with Crippen molar-refractivity contribution >= 4 is 33.4 Å². The predicted octanol–water partition coefficient (Wildman–Crippen LogP) is 3.45. The van der Waals surface area contributed by atoms with Gasteiger partial charge < -0.3 is 10.2 Å². The molecule has 1 aliphatic heterocycles. The van der Waals surface area contributed by atoms with Gasteiger partial charge in [0.05, 0.1) is 16.3 Å². The monoisotopic (exact) mass is 394 g/mol. The number of carbonyl (C=O) groups excluding carboxylic acids is 2. The molecule has 6 nitrogen and oxygen atoms in total. The van der Waals surface area contributed by atoms with Crippen molar-refractivity contribution in [3.63, 3.8) is 0 Å². The Morgan fingerprint density at radius 1 is 1.14 bits per heavy atom. The molecule has 1 aliphatic rings. The summed E-state index contributed by atoms with van der Waals surface area (Å²) >= 11 is 1.66. The molecule has 144 valence electrons. The number of rotatable bonds is 6. The molecule has 28 heavy (non-hydrogen) atoms. The van der Waals surface area contributed by atoms with Crippen LogP contribution in [0, 0.1) is 0 Å². The molecule has 4 rings (SSSR count). The molecule has 7 heteroatoms. The minimum absolute atomic E-state index is 0.0285. The summed E-state index contributed by atoms with van der Waals surface area (Å²) < 4.78 is 1.15. The standard InChI is InChI=1S/C21H22N4O2S/c26-19(23-14-15-9-11-22-12-10-15)7-8-20(27)25-13-3-5-17(25)21-24-16-4-1-2-6-18(16)28-21/h1-2,4,6,9-12,17H,3,5,7-8,13-14H2,(H,23,26)/t17-/m0/s1. The number of nitrogens with one attached hydrogen (secondary N) is 1. The smallest absolute Gasteiger partial charge is 0.223 e. The maximum atomic E-state index is 12.7. The van der Waals surface area contributed by atoms with Gasteiger partial charge in [-0.1, -0.05) is 12.1 Å². The summed E-state index contributed by atoms with van der Waals surface area (Å²) in [5, 5.41) is 3.85. The molecule has 1 atom stereocenters. The van der Waals surface area contributed by atoms with Crippen molar-refractivity contribution in [2.75, 3.05) is 6.54 Å². The van der Waals surface area contributed by atoms with Crippen LogP contribution in [0.25, 0.3) is 10.2 Å². The predicted molar refractivity (Wildman–Crippen MR) is 109 cm³/mol. The number of hydrogen-bond donors (Lipinski definition) is 1. The van der Waals surface area contributed by atoms with Gasteiger partial charge in [-0.25, -0.2) is 4.98 Å². The van der Waals surface area contributed by atoms with Gasteiger partial charge in [-0.05, 0) is 42.7 Å². The second-order valence-electron chi connectivity index (χ2n) is 6.90. The van der Waals surface area contributed by atoms with E-state index in [2.05, 4.69) is 16.4 Å². The number of aromatic nitrogens is 2. The number of benzene rings is 1. The average molecular weight is 395 g/mol. The highest BCUT2D eigenvalue weighted by molar-refractivity contribution is 7.18. The van der Waals surface area contributed by atoms with Gasteiger partial charge in [-0.2, -0.15) is 0 Å². The maximum Gasteiger partial charge on any atom is 0.223 e. The van der Waals surface area contributed by atoms with Crippen LogP contribution < -0.4 is 5.32 Å². The van der Waals surface area contributed by atoms with Crippen molar-refractivity contribution in [1.82, 2.24) is 20.2 Å². The molecular weight excluding hydrogens is 372 g/mol. The Kier molecular flexibility index (Phi) is 5.62. The lowest BCUT2D eigenvalue weighted by atomic mass is 10.2. The molecule has 0 unspecified atom stereocenters. The van der Waals surface area contributed by atoms with E-state index < -0.39 is 0 Å². The van der Waals surface area contributed by atoms with Crippen molar-refractivity contribution < 1.29 is 9.59 Å². The molecule has 1 N–H and O–H groups in total. The molecule has 0 radical (unpaired) electrons. The van der Waals surface area contributed by atoms with Gasteiger partial charge in [0.2, 0.25) is 11.8 Å². The fourth-order valence-corrected chi connectivity index (χ4v) is 4.62. The maximum absolute atomic E-state index is 12.7. The van der Waals surface area contributed by atoms with Crippen molar-refractivity contribution in [2.45, 2.75) is 38.3 Å². The third-order valence-electron chi connectivity index (χ3n) is 4.97. The number of para-hydroxylation sites is 1. The minimum Gasteiger partial charge on any atom is -0.352 e. The third-order valence-corrected chi connectivity index (χ3v) is 6.11. The number of thiazole rings is 1. The zero-order valence-electron chi connectivity index (χ0n) is 15.5. The summed E-state index contributed by atoms with van der Waals surface area (Å²) in [5.41, 5.74) is 1.97. The van der Waals surface area contributed by atoms with Crippen LogP contribution in [0.2, 0.25) is 0 Å². The molecule has 0 aliphatic carbocycles. The van der Waals surface area contributed by atoms with E-state index in [1.165, 1.54) is 0 Å². The number of amides is 2. The Labute approximate surface area is 167 Å². The first-order valence-electron chi connectivity index (χ1n) is 9.51. The highest BCUT2D eigenvalue weighted by Gasteiger charge is 2.32. The van der Waals surface area contributed by atoms with Crippen LogP contribution in [0.15, 0.2) is 48.8 Å². The molecule has 0 bridgehead atoms. The molecule has 1 fully saturated rings. The van der Waals surface area contributed by atoms with Gasteiger partial charge in [0.1, 0.15) is 5.01 Å². The van der Waals surface area contributed by atoms with E-state index in [4.69, 9.17) is 4.98 Å². The second-order valence-corrected chi connectivity index (χ2v) is 7.96. The zero-order valence-corrected chi connectivity index (χ0v) is 16.3. The Hall–Kier alpha value is -2.80. The summed E-state index contributed by atoms with van der Waals surface area (Å²) in [5.74, 6) is -0.0817. The Morgan fingerprint density at radius 3 is 2.79 bits per heavy atom. The van der Waals surface area contributed by atoms with Crippen LogP contribution in [0.5, 0.6) is 0 Å². The second kappa shape index (κ2) is 8.48. The van der Waals surface area contributed by atoms with Crippen LogP contribution in [0.4, 0.5) is 0 Å². The molecule has 2 amide bonds. The molecule has 0 spiro atoms. The van der Waals surface area contributed by atoms with E-state index >= 15 is 0 Å². The van der Waals surface area contributed by atoms with Crippen molar-refractivity contribution in [2.24, 2.45) is 0 Å². The SMILES string of the molecule is O=C(CCC(=O)N1CCC[C@H]1c1nc2ccccc2s1)NCc1ccncc1. The fourth-order valence-electron chi connectivity index (χ4n) is 3.51. The van der Waals surface area contributed by atoms with E-state index in [0.29, 0.717) is 6.54 Å². The number of pyridine rings is 1. The largest absolute Gasteiger partial charge is 0.352 e. The number of hydrogen-bond acceptors (Lipinski definition) is 5. The van der Waals surface area contributed by atoms with E-state index in [0.717, 1.165) is 40.2 Å². The molecule has 3 aromatic rings. The average Bonchev–Trinajstić information content (AvgIpc) is 3.37. The van der Waals surface area contributed by atoms with Crippen molar-refractivity contribution in [3.05, 3.63) is 59.4 Å². The van der Waals surface area contributed by atoms with Crippen LogP contribution >= 0.6 is 11.3 Å². The van der Waals surface area contributed by atoms with Gasteiger partial charge >= 0.3 is 0 Å². The quantitative estimate of drug-likeness (QED) is 0.695. The van der Waals surface area contributed by atoms with Gasteiger partial charge in [0.25, 0.3) is 0 Å². The summed E-state index contributed by atoms with van der Waals surface area (Å²) in [6, 6.07) is 11.8. The van der Waals surface area contributed by atoms with Crippen LogP contribution in [0.3, 0.4) is 0 Å². The molecular formula is C21H22N4O2S. The Balaban J connectivity index is 1.32. The lowest BCUT2D eigenvalue weighted by Crippen LogP contribution is -2.32. The highest BCUT2D eigenvalue weighted by atomic mass is 32.1. The van der Waals surface area contributed by atoms with Gasteiger partial charge in [0.15, 0.2) is 0 Å². The first kappa shape index (κ1) is 18.6. The normalized spacial score (nSPS) is 16.4. The van der Waals surface area contributed by atoms with Crippen molar-refractivity contribution in [1.29, 1.82) is 0 Å². The molecule has 3 heterocycles. The molecule has 0 saturated carbocycles. The number of fused-ring (bicyclic) bond motifs is 1. The molecule has 1 aromatic carbocycles. The first-order valence-corrected chi connectivity index (χ1v) is 10.3. The molecule has 1 saturated heterocycles. The lowest BCUT2D eigenvalue weighted by Gasteiger charge is -2.23. The fraction of sp³-hybridized carbons (Fsp3) is 0.333. The first-order chi connectivity index (χ1) is 13.7. The zero-order chi connectivity index (χ0) is 19.3. The van der Waals surface area contributed by atoms with Crippen molar-refractivity contribution in [3.8, 4) is 0 Å². The van der Waals surface area contributed by atoms with Crippen LogP contribution in [-0.2, 0) is 16.1 Å². The summed E-state index contributed by atoms with van der Waals surface area (Å²) in [6.07, 6.45) is 5.72. The number of likely N-dealkylation sites (tertiary alicyclic amines) is 1. The highest BCUT2D eigenvalue weighted by Crippen LogP contribution is 2.36.